The van der Waals surface area contributed by atoms with Crippen molar-refractivity contribution in [2.45, 2.75) is 117 Å². The molecule has 1 N–H and O–H groups in total. The van der Waals surface area contributed by atoms with Gasteiger partial charge in [0.2, 0.25) is 0 Å². The molecule has 0 amide bonds. The molecule has 144 valence electrons. The second-order valence-corrected chi connectivity index (χ2v) is 7.63. The Balaban J connectivity index is 2.74. The van der Waals surface area contributed by atoms with E-state index in [1.807, 2.05) is 6.07 Å². The number of phenolic OH excluding ortho intramolecular Hbond substituents is 1. The van der Waals surface area contributed by atoms with Crippen LogP contribution in [0.25, 0.3) is 0 Å². The molecule has 0 aliphatic carbocycles. The van der Waals surface area contributed by atoms with Crippen LogP contribution in [-0.2, 0) is 19.3 Å². The molecular formula is C24H42O. The Labute approximate surface area is 157 Å². The average Bonchev–Trinajstić information content (AvgIpc) is 2.62. The van der Waals surface area contributed by atoms with Crippen LogP contribution in [0, 0.1) is 0 Å². The number of unbranched alkanes of at least 4 members (excludes halogenated alkanes) is 9. The Morgan fingerprint density at radius 1 is 0.560 bits per heavy atom. The van der Waals surface area contributed by atoms with Crippen LogP contribution in [0.2, 0.25) is 0 Å². The van der Waals surface area contributed by atoms with E-state index < -0.39 is 0 Å². The molecule has 0 saturated carbocycles. The van der Waals surface area contributed by atoms with Crippen molar-refractivity contribution < 1.29 is 5.11 Å². The van der Waals surface area contributed by atoms with Gasteiger partial charge >= 0.3 is 0 Å². The van der Waals surface area contributed by atoms with E-state index in [9.17, 15) is 5.11 Å². The Morgan fingerprint density at radius 3 is 1.68 bits per heavy atom. The molecule has 1 nitrogen and oxygen atoms in total. The highest BCUT2D eigenvalue weighted by Crippen LogP contribution is 2.29. The van der Waals surface area contributed by atoms with Gasteiger partial charge in [0.1, 0.15) is 5.75 Å². The van der Waals surface area contributed by atoms with Gasteiger partial charge in [0, 0.05) is 0 Å². The van der Waals surface area contributed by atoms with Crippen LogP contribution in [0.4, 0.5) is 0 Å². The second-order valence-electron chi connectivity index (χ2n) is 7.63. The molecule has 0 aliphatic heterocycles. The maximum atomic E-state index is 10.4. The highest BCUT2D eigenvalue weighted by atomic mass is 16.3. The first kappa shape index (κ1) is 22.1. The zero-order valence-corrected chi connectivity index (χ0v) is 17.2. The van der Waals surface area contributed by atoms with Crippen molar-refractivity contribution in [1.29, 1.82) is 0 Å². The van der Waals surface area contributed by atoms with Crippen molar-refractivity contribution in [3.63, 3.8) is 0 Å². The van der Waals surface area contributed by atoms with Crippen molar-refractivity contribution >= 4 is 0 Å². The molecule has 1 aromatic rings. The molecule has 0 fully saturated rings. The van der Waals surface area contributed by atoms with Gasteiger partial charge < -0.3 is 5.11 Å². The molecule has 0 unspecified atom stereocenters. The third-order valence-corrected chi connectivity index (χ3v) is 5.36. The molecule has 25 heavy (non-hydrogen) atoms. The third kappa shape index (κ3) is 8.79. The summed E-state index contributed by atoms with van der Waals surface area (Å²) in [5.41, 5.74) is 4.25. The van der Waals surface area contributed by atoms with Gasteiger partial charge in [0.05, 0.1) is 0 Å². The van der Waals surface area contributed by atoms with E-state index in [4.69, 9.17) is 0 Å². The first-order chi connectivity index (χ1) is 12.2. The van der Waals surface area contributed by atoms with E-state index in [1.54, 1.807) is 0 Å². The molecule has 1 aromatic carbocycles. The molecule has 1 rings (SSSR count). The maximum Gasteiger partial charge on any atom is 0.119 e. The van der Waals surface area contributed by atoms with E-state index in [0.717, 1.165) is 12.8 Å². The van der Waals surface area contributed by atoms with Gasteiger partial charge in [-0.1, -0.05) is 84.6 Å². The van der Waals surface area contributed by atoms with E-state index >= 15 is 0 Å². The largest absolute Gasteiger partial charge is 0.508 e. The second kappa shape index (κ2) is 14.2. The number of aromatic hydroxyl groups is 1. The molecule has 0 heterocycles. The monoisotopic (exact) mass is 346 g/mol. The number of hydrogen-bond acceptors (Lipinski definition) is 1. The molecule has 0 aromatic heterocycles. The molecule has 0 aliphatic rings. The Kier molecular flexibility index (Phi) is 12.5. The summed E-state index contributed by atoms with van der Waals surface area (Å²) in [6.45, 7) is 6.78. The summed E-state index contributed by atoms with van der Waals surface area (Å²) in [5, 5.41) is 10.4. The lowest BCUT2D eigenvalue weighted by Gasteiger charge is -2.17. The van der Waals surface area contributed by atoms with Crippen molar-refractivity contribution in [1.82, 2.24) is 0 Å². The fourth-order valence-electron chi connectivity index (χ4n) is 3.73. The molecule has 0 bridgehead atoms. The molecule has 0 radical (unpaired) electrons. The Morgan fingerprint density at radius 2 is 1.08 bits per heavy atom. The van der Waals surface area contributed by atoms with Crippen LogP contribution in [-0.4, -0.2) is 5.11 Å². The van der Waals surface area contributed by atoms with Crippen LogP contribution in [0.5, 0.6) is 5.75 Å². The van der Waals surface area contributed by atoms with Gasteiger partial charge in [-0.3, -0.25) is 0 Å². The lowest BCUT2D eigenvalue weighted by Crippen LogP contribution is -2.02. The molecule has 0 saturated heterocycles. The van der Waals surface area contributed by atoms with Gasteiger partial charge in [-0.05, 0) is 61.3 Å². The van der Waals surface area contributed by atoms with Crippen LogP contribution in [0.3, 0.4) is 0 Å². The standard InChI is InChI=1S/C24H42O/c1-4-7-10-12-14-16-21-19-20-24(25)23(17-9-6-3)22(21)18-15-13-11-8-5-2/h19-20,25H,4-18H2,1-3H3. The predicted molar refractivity (Wildman–Crippen MR) is 112 cm³/mol. The number of rotatable bonds is 15. The molecular weight excluding hydrogens is 304 g/mol. The summed E-state index contributed by atoms with van der Waals surface area (Å²) < 4.78 is 0. The summed E-state index contributed by atoms with van der Waals surface area (Å²) in [4.78, 5) is 0. The minimum Gasteiger partial charge on any atom is -0.508 e. The lowest BCUT2D eigenvalue weighted by molar-refractivity contribution is 0.464. The summed E-state index contributed by atoms with van der Waals surface area (Å²) in [6.07, 6.45) is 19.0. The normalized spacial score (nSPS) is 11.2. The van der Waals surface area contributed by atoms with E-state index in [2.05, 4.69) is 26.8 Å². The van der Waals surface area contributed by atoms with Gasteiger partial charge in [-0.2, -0.15) is 0 Å². The van der Waals surface area contributed by atoms with Gasteiger partial charge in [0.25, 0.3) is 0 Å². The van der Waals surface area contributed by atoms with Crippen LogP contribution >= 0.6 is 0 Å². The van der Waals surface area contributed by atoms with E-state index in [0.29, 0.717) is 5.75 Å². The third-order valence-electron chi connectivity index (χ3n) is 5.36. The minimum absolute atomic E-state index is 0.534. The van der Waals surface area contributed by atoms with E-state index in [1.165, 1.54) is 100 Å². The SMILES string of the molecule is CCCCCCCc1ccc(O)c(CCCC)c1CCCCCCC. The summed E-state index contributed by atoms with van der Waals surface area (Å²) in [7, 11) is 0. The number of phenols is 1. The quantitative estimate of drug-likeness (QED) is 0.322. The number of aryl methyl sites for hydroxylation is 1. The number of hydrogen-bond donors (Lipinski definition) is 1. The van der Waals surface area contributed by atoms with Gasteiger partial charge in [-0.25, -0.2) is 0 Å². The molecule has 1 heteroatoms. The van der Waals surface area contributed by atoms with Crippen molar-refractivity contribution in [3.05, 3.63) is 28.8 Å². The highest BCUT2D eigenvalue weighted by Gasteiger charge is 2.12. The smallest absolute Gasteiger partial charge is 0.119 e. The summed E-state index contributed by atoms with van der Waals surface area (Å²) >= 11 is 0. The van der Waals surface area contributed by atoms with E-state index in [-0.39, 0.29) is 0 Å². The number of benzene rings is 1. The summed E-state index contributed by atoms with van der Waals surface area (Å²) in [5.74, 6) is 0.534. The highest BCUT2D eigenvalue weighted by molar-refractivity contribution is 5.45. The Hall–Kier alpha value is -0.980. The zero-order chi connectivity index (χ0) is 18.3. The molecule has 0 atom stereocenters. The van der Waals surface area contributed by atoms with Gasteiger partial charge in [0.15, 0.2) is 0 Å². The maximum absolute atomic E-state index is 10.4. The van der Waals surface area contributed by atoms with Crippen LogP contribution in [0.15, 0.2) is 12.1 Å². The Bertz CT molecular complexity index is 450. The topological polar surface area (TPSA) is 20.2 Å². The lowest BCUT2D eigenvalue weighted by atomic mass is 9.89. The first-order valence-corrected chi connectivity index (χ1v) is 11.1. The fourth-order valence-corrected chi connectivity index (χ4v) is 3.73. The van der Waals surface area contributed by atoms with Crippen molar-refractivity contribution in [3.8, 4) is 5.75 Å². The predicted octanol–water partition coefficient (Wildman–Crippen LogP) is 7.76. The first-order valence-electron chi connectivity index (χ1n) is 11.1. The fraction of sp³-hybridized carbons (Fsp3) is 0.750. The van der Waals surface area contributed by atoms with Crippen molar-refractivity contribution in [2.24, 2.45) is 0 Å². The van der Waals surface area contributed by atoms with Crippen LogP contribution in [0.1, 0.15) is 115 Å². The summed E-state index contributed by atoms with van der Waals surface area (Å²) in [6, 6.07) is 4.15. The van der Waals surface area contributed by atoms with Crippen molar-refractivity contribution in [2.75, 3.05) is 0 Å². The zero-order valence-electron chi connectivity index (χ0n) is 17.2. The average molecular weight is 347 g/mol. The van der Waals surface area contributed by atoms with Crippen LogP contribution < -0.4 is 0 Å². The van der Waals surface area contributed by atoms with Gasteiger partial charge in [-0.15, -0.1) is 0 Å². The minimum atomic E-state index is 0.534. The molecule has 0 spiro atoms.